The number of unbranched alkanes of at least 4 members (excludes halogenated alkanes) is 4. The number of hydrogen-bond donors (Lipinski definition) is 5. The molecule has 0 unspecified atom stereocenters. The van der Waals surface area contributed by atoms with Gasteiger partial charge in [-0.15, -0.1) is 0 Å². The van der Waals surface area contributed by atoms with Crippen LogP contribution < -0.4 is 4.74 Å². The lowest BCUT2D eigenvalue weighted by molar-refractivity contribution is -0.151. The molecule has 5 N–H and O–H groups in total. The Kier molecular flexibility index (Phi) is 6.41. The number of carbonyl (C=O) groups is 1. The van der Waals surface area contributed by atoms with E-state index in [1.165, 1.54) is 24.3 Å². The molecule has 2 aromatic rings. The maximum absolute atomic E-state index is 13.1. The Labute approximate surface area is 175 Å². The van der Waals surface area contributed by atoms with E-state index >= 15 is 0 Å². The van der Waals surface area contributed by atoms with Crippen LogP contribution in [0.4, 0.5) is 0 Å². The minimum atomic E-state index is -1.98. The van der Waals surface area contributed by atoms with Crippen molar-refractivity contribution in [1.82, 2.24) is 0 Å². The molecule has 1 heterocycles. The summed E-state index contributed by atoms with van der Waals surface area (Å²) in [5.41, 5.74) is -1.45. The second-order valence-electron chi connectivity index (χ2n) is 7.88. The van der Waals surface area contributed by atoms with Crippen LogP contribution in [0.2, 0.25) is 0 Å². The Bertz CT molecular complexity index is 924. The first-order valence-corrected chi connectivity index (χ1v) is 10.2. The molecule has 0 bridgehead atoms. The number of rotatable bonds is 8. The van der Waals surface area contributed by atoms with E-state index in [1.54, 1.807) is 0 Å². The molecule has 0 amide bonds. The molecule has 0 saturated carbocycles. The predicted molar refractivity (Wildman–Crippen MR) is 110 cm³/mol. The van der Waals surface area contributed by atoms with E-state index in [2.05, 4.69) is 6.92 Å². The first-order valence-electron chi connectivity index (χ1n) is 10.2. The molecule has 0 spiro atoms. The average molecular weight is 416 g/mol. The van der Waals surface area contributed by atoms with Crippen molar-refractivity contribution >= 4 is 5.78 Å². The van der Waals surface area contributed by atoms with E-state index in [1.807, 2.05) is 0 Å². The molecule has 1 aliphatic heterocycles. The summed E-state index contributed by atoms with van der Waals surface area (Å²) < 4.78 is 5.87. The second-order valence-corrected chi connectivity index (χ2v) is 7.88. The van der Waals surface area contributed by atoms with Crippen LogP contribution in [0.15, 0.2) is 30.3 Å². The summed E-state index contributed by atoms with van der Waals surface area (Å²) in [4.78, 5) is 13.1. The number of benzene rings is 2. The topological polar surface area (TPSA) is 127 Å². The van der Waals surface area contributed by atoms with Gasteiger partial charge in [0.25, 0.3) is 0 Å². The van der Waals surface area contributed by atoms with Crippen molar-refractivity contribution in [3.05, 3.63) is 41.5 Å². The van der Waals surface area contributed by atoms with Gasteiger partial charge < -0.3 is 30.3 Å². The lowest BCUT2D eigenvalue weighted by Gasteiger charge is -2.40. The molecule has 7 heteroatoms. The Hall–Kier alpha value is -2.93. The van der Waals surface area contributed by atoms with E-state index in [0.29, 0.717) is 12.0 Å². The number of hydrogen-bond acceptors (Lipinski definition) is 7. The molecule has 3 rings (SSSR count). The highest BCUT2D eigenvalue weighted by Crippen LogP contribution is 2.47. The van der Waals surface area contributed by atoms with Gasteiger partial charge in [0.15, 0.2) is 29.0 Å². The maximum atomic E-state index is 13.1. The first-order chi connectivity index (χ1) is 14.3. The standard InChI is InChI=1S/C23H28O7/c1-2-3-4-5-6-7-21(28)23(29)13-16-18(26)11-15(24)12-20(16)30-22(23)14-8-9-17(25)19(27)10-14/h8-12,22,24-27,29H,2-7,13H2,1H3/t22-,23-/m1/s1. The van der Waals surface area contributed by atoms with Gasteiger partial charge in [-0.2, -0.15) is 0 Å². The molecule has 2 atom stereocenters. The number of ether oxygens (including phenoxy) is 1. The molecule has 0 aromatic heterocycles. The largest absolute Gasteiger partial charge is 0.508 e. The molecule has 1 aliphatic rings. The van der Waals surface area contributed by atoms with Crippen molar-refractivity contribution in [3.8, 4) is 28.7 Å². The Balaban J connectivity index is 1.95. The summed E-state index contributed by atoms with van der Waals surface area (Å²) >= 11 is 0. The normalized spacial score (nSPS) is 20.4. The van der Waals surface area contributed by atoms with Crippen molar-refractivity contribution in [2.45, 2.75) is 63.6 Å². The number of Topliss-reactive ketones (excluding diaryl/α,β-unsaturated/α-hetero) is 1. The van der Waals surface area contributed by atoms with Crippen LogP contribution in [-0.4, -0.2) is 36.9 Å². The number of aliphatic hydroxyl groups is 1. The Morgan fingerprint density at radius 3 is 2.43 bits per heavy atom. The minimum absolute atomic E-state index is 0.144. The maximum Gasteiger partial charge on any atom is 0.168 e. The Morgan fingerprint density at radius 2 is 1.73 bits per heavy atom. The van der Waals surface area contributed by atoms with E-state index < -0.39 is 23.2 Å². The summed E-state index contributed by atoms with van der Waals surface area (Å²) in [6, 6.07) is 6.36. The molecule has 0 radical (unpaired) electrons. The van der Waals surface area contributed by atoms with Crippen molar-refractivity contribution in [1.29, 1.82) is 0 Å². The zero-order chi connectivity index (χ0) is 21.9. The monoisotopic (exact) mass is 416 g/mol. The number of carbonyl (C=O) groups excluding carboxylic acids is 1. The fraction of sp³-hybridized carbons (Fsp3) is 0.435. The van der Waals surface area contributed by atoms with Crippen molar-refractivity contribution < 1.29 is 35.1 Å². The van der Waals surface area contributed by atoms with Gasteiger partial charge in [-0.3, -0.25) is 4.79 Å². The molecule has 7 nitrogen and oxygen atoms in total. The van der Waals surface area contributed by atoms with Crippen LogP contribution in [0.1, 0.15) is 62.7 Å². The first kappa shape index (κ1) is 21.8. The summed E-state index contributed by atoms with van der Waals surface area (Å²) in [6.45, 7) is 2.10. The van der Waals surface area contributed by atoms with E-state index in [9.17, 15) is 30.3 Å². The fourth-order valence-corrected chi connectivity index (χ4v) is 3.88. The van der Waals surface area contributed by atoms with E-state index in [4.69, 9.17) is 4.74 Å². The molecule has 2 aromatic carbocycles. The summed E-state index contributed by atoms with van der Waals surface area (Å²) in [5.74, 6) is -1.51. The number of ketones is 1. The molecule has 162 valence electrons. The smallest absolute Gasteiger partial charge is 0.168 e. The molecule has 0 saturated heterocycles. The third-order valence-corrected chi connectivity index (χ3v) is 5.59. The summed E-state index contributed by atoms with van der Waals surface area (Å²) in [6.07, 6.45) is 3.45. The van der Waals surface area contributed by atoms with Gasteiger partial charge in [0, 0.05) is 30.5 Å². The van der Waals surface area contributed by atoms with Gasteiger partial charge in [-0.05, 0) is 24.1 Å². The van der Waals surface area contributed by atoms with Crippen molar-refractivity contribution in [3.63, 3.8) is 0 Å². The zero-order valence-corrected chi connectivity index (χ0v) is 17.0. The predicted octanol–water partition coefficient (Wildman–Crippen LogP) is 3.85. The highest BCUT2D eigenvalue weighted by Gasteiger charge is 2.50. The number of phenols is 4. The molecule has 30 heavy (non-hydrogen) atoms. The van der Waals surface area contributed by atoms with Crippen LogP contribution in [0.25, 0.3) is 0 Å². The third kappa shape index (κ3) is 4.31. The average Bonchev–Trinajstić information content (AvgIpc) is 2.70. The van der Waals surface area contributed by atoms with Crippen LogP contribution in [0.3, 0.4) is 0 Å². The summed E-state index contributed by atoms with van der Waals surface area (Å²) in [7, 11) is 0. The van der Waals surface area contributed by atoms with Crippen molar-refractivity contribution in [2.75, 3.05) is 0 Å². The summed E-state index contributed by atoms with van der Waals surface area (Å²) in [5, 5.41) is 51.0. The van der Waals surface area contributed by atoms with E-state index in [0.717, 1.165) is 31.7 Å². The highest BCUT2D eigenvalue weighted by atomic mass is 16.5. The fourth-order valence-electron chi connectivity index (χ4n) is 3.88. The lowest BCUT2D eigenvalue weighted by Crippen LogP contribution is -2.51. The highest BCUT2D eigenvalue weighted by molar-refractivity contribution is 5.89. The van der Waals surface area contributed by atoms with Gasteiger partial charge in [-0.25, -0.2) is 0 Å². The number of fused-ring (bicyclic) bond motifs is 1. The van der Waals surface area contributed by atoms with Gasteiger partial charge in [0.1, 0.15) is 17.2 Å². The van der Waals surface area contributed by atoms with Crippen LogP contribution in [0, 0.1) is 0 Å². The SMILES string of the molecule is CCCCCCCC(=O)[C@]1(O)Cc2c(O)cc(O)cc2O[C@@H]1c1ccc(O)c(O)c1. The van der Waals surface area contributed by atoms with Crippen LogP contribution >= 0.6 is 0 Å². The van der Waals surface area contributed by atoms with Gasteiger partial charge >= 0.3 is 0 Å². The molecular formula is C23H28O7. The Morgan fingerprint density at radius 1 is 1.00 bits per heavy atom. The van der Waals surface area contributed by atoms with Gasteiger partial charge in [0.2, 0.25) is 0 Å². The zero-order valence-electron chi connectivity index (χ0n) is 17.0. The van der Waals surface area contributed by atoms with Crippen LogP contribution in [0.5, 0.6) is 28.7 Å². The molecular weight excluding hydrogens is 388 g/mol. The van der Waals surface area contributed by atoms with E-state index in [-0.39, 0.29) is 41.4 Å². The second kappa shape index (κ2) is 8.83. The lowest BCUT2D eigenvalue weighted by atomic mass is 9.78. The van der Waals surface area contributed by atoms with Gasteiger partial charge in [-0.1, -0.05) is 38.7 Å². The quantitative estimate of drug-likeness (QED) is 0.327. The van der Waals surface area contributed by atoms with Gasteiger partial charge in [0.05, 0.1) is 0 Å². The third-order valence-electron chi connectivity index (χ3n) is 5.59. The number of phenolic OH excluding ortho intramolecular Hbond substituents is 4. The molecule has 0 aliphatic carbocycles. The van der Waals surface area contributed by atoms with Crippen LogP contribution in [-0.2, 0) is 11.2 Å². The minimum Gasteiger partial charge on any atom is -0.508 e. The molecule has 0 fully saturated rings. The number of aromatic hydroxyl groups is 4. The van der Waals surface area contributed by atoms with Crippen molar-refractivity contribution in [2.24, 2.45) is 0 Å².